The summed E-state index contributed by atoms with van der Waals surface area (Å²) in [6, 6.07) is 92.0. The van der Waals surface area contributed by atoms with Gasteiger partial charge >= 0.3 is 0 Å². The van der Waals surface area contributed by atoms with E-state index in [9.17, 15) is 0 Å². The van der Waals surface area contributed by atoms with Gasteiger partial charge in [-0.3, -0.25) is 0 Å². The molecule has 1 heteroatoms. The van der Waals surface area contributed by atoms with E-state index in [0.717, 1.165) is 17.1 Å². The molecule has 0 amide bonds. The van der Waals surface area contributed by atoms with Crippen LogP contribution in [0.2, 0.25) is 0 Å². The molecule has 11 aromatic rings. The molecule has 0 N–H and O–H groups in total. The first-order valence-corrected chi connectivity index (χ1v) is 22.3. The minimum Gasteiger partial charge on any atom is -0.310 e. The fraction of sp³-hybridized carbons (Fsp3) is 0.0159. The number of anilines is 3. The van der Waals surface area contributed by atoms with Gasteiger partial charge in [0.25, 0.3) is 0 Å². The van der Waals surface area contributed by atoms with Crippen molar-refractivity contribution < 1.29 is 0 Å². The van der Waals surface area contributed by atoms with E-state index < -0.39 is 5.41 Å². The van der Waals surface area contributed by atoms with E-state index in [1.54, 1.807) is 0 Å². The fourth-order valence-electron chi connectivity index (χ4n) is 11.2. The SMILES string of the molecule is c1cc(-c2ccc(N(c3ccc(-c4cccc5ccccc45)cc3)c3cccc4c3-c3ccccc3C43c4ccccc4-c4ccccc43)cc2)cc(-c2cccc3ccccc23)c1. The van der Waals surface area contributed by atoms with Gasteiger partial charge in [-0.15, -0.1) is 0 Å². The molecule has 298 valence electrons. The molecule has 0 atom stereocenters. The Morgan fingerprint density at radius 2 is 0.688 bits per heavy atom. The molecule has 13 rings (SSSR count). The van der Waals surface area contributed by atoms with Crippen LogP contribution in [-0.2, 0) is 5.41 Å². The average Bonchev–Trinajstić information content (AvgIpc) is 3.85. The van der Waals surface area contributed by atoms with Gasteiger partial charge < -0.3 is 4.90 Å². The normalized spacial score (nSPS) is 12.8. The molecule has 0 saturated heterocycles. The van der Waals surface area contributed by atoms with E-state index >= 15 is 0 Å². The van der Waals surface area contributed by atoms with Crippen LogP contribution >= 0.6 is 0 Å². The first-order chi connectivity index (χ1) is 31.8. The molecular weight excluding hydrogens is 771 g/mol. The number of benzene rings is 11. The topological polar surface area (TPSA) is 3.24 Å². The third kappa shape index (κ3) is 5.38. The standard InChI is InChI=1S/C63H41N/c1-3-21-50-43(15-1)17-12-26-52(50)45-35-39-49(40-36-45)64(48-37-33-42(34-38-48)46-19-11-20-47(41-46)53-27-13-18-44-16-2-4-22-51(44)53)61-32-14-31-60-62(61)56-25-7-10-30-59(56)63(60)57-28-8-5-23-54(57)55-24-6-9-29-58(55)63/h1-41H. The van der Waals surface area contributed by atoms with E-state index in [1.165, 1.54) is 99.4 Å². The van der Waals surface area contributed by atoms with Crippen LogP contribution in [0, 0.1) is 0 Å². The van der Waals surface area contributed by atoms with Crippen molar-refractivity contribution in [3.05, 3.63) is 271 Å². The first-order valence-electron chi connectivity index (χ1n) is 22.3. The highest BCUT2D eigenvalue weighted by Crippen LogP contribution is 2.64. The minimum absolute atomic E-state index is 0.433. The number of hydrogen-bond donors (Lipinski definition) is 0. The predicted octanol–water partition coefficient (Wildman–Crippen LogP) is 16.8. The van der Waals surface area contributed by atoms with Gasteiger partial charge in [-0.2, -0.15) is 0 Å². The second kappa shape index (κ2) is 14.4. The quantitative estimate of drug-likeness (QED) is 0.162. The third-order valence-electron chi connectivity index (χ3n) is 13.9. The van der Waals surface area contributed by atoms with E-state index in [4.69, 9.17) is 0 Å². The molecule has 1 spiro atoms. The largest absolute Gasteiger partial charge is 0.310 e. The Bertz CT molecular complexity index is 3560. The maximum Gasteiger partial charge on any atom is 0.0726 e. The smallest absolute Gasteiger partial charge is 0.0726 e. The van der Waals surface area contributed by atoms with E-state index in [-0.39, 0.29) is 0 Å². The molecule has 0 bridgehead atoms. The molecule has 0 heterocycles. The Kier molecular flexibility index (Phi) is 8.20. The molecule has 1 nitrogen and oxygen atoms in total. The van der Waals surface area contributed by atoms with Crippen molar-refractivity contribution in [3.63, 3.8) is 0 Å². The van der Waals surface area contributed by atoms with Crippen molar-refractivity contribution in [3.8, 4) is 55.6 Å². The molecule has 0 aromatic heterocycles. The summed E-state index contributed by atoms with van der Waals surface area (Å²) in [5.41, 5.74) is 20.7. The maximum absolute atomic E-state index is 2.48. The zero-order chi connectivity index (χ0) is 42.2. The zero-order valence-corrected chi connectivity index (χ0v) is 35.1. The lowest BCUT2D eigenvalue weighted by Crippen LogP contribution is -2.26. The van der Waals surface area contributed by atoms with Gasteiger partial charge in [-0.05, 0) is 130 Å². The molecule has 0 fully saturated rings. The van der Waals surface area contributed by atoms with Crippen molar-refractivity contribution in [2.75, 3.05) is 4.90 Å². The van der Waals surface area contributed by atoms with E-state index in [0.29, 0.717) is 0 Å². The van der Waals surface area contributed by atoms with Crippen LogP contribution in [-0.4, -0.2) is 0 Å². The van der Waals surface area contributed by atoms with Crippen LogP contribution < -0.4 is 4.90 Å². The summed E-state index contributed by atoms with van der Waals surface area (Å²) in [7, 11) is 0. The number of rotatable bonds is 6. The van der Waals surface area contributed by atoms with Gasteiger partial charge in [-0.25, -0.2) is 0 Å². The Labute approximate surface area is 373 Å². The van der Waals surface area contributed by atoms with Gasteiger partial charge in [0.2, 0.25) is 0 Å². The van der Waals surface area contributed by atoms with Crippen molar-refractivity contribution in [1.29, 1.82) is 0 Å². The highest BCUT2D eigenvalue weighted by atomic mass is 15.1. The van der Waals surface area contributed by atoms with Gasteiger partial charge in [0.15, 0.2) is 0 Å². The molecule has 64 heavy (non-hydrogen) atoms. The number of nitrogens with zero attached hydrogens (tertiary/aromatic N) is 1. The Morgan fingerprint density at radius 3 is 1.31 bits per heavy atom. The van der Waals surface area contributed by atoms with Crippen molar-refractivity contribution in [2.24, 2.45) is 0 Å². The summed E-state index contributed by atoms with van der Waals surface area (Å²) in [6.07, 6.45) is 0. The Balaban J connectivity index is 0.989. The molecule has 0 saturated carbocycles. The lowest BCUT2D eigenvalue weighted by molar-refractivity contribution is 0.794. The van der Waals surface area contributed by atoms with Crippen molar-refractivity contribution in [1.82, 2.24) is 0 Å². The van der Waals surface area contributed by atoms with Gasteiger partial charge in [-0.1, -0.05) is 212 Å². The number of fused-ring (bicyclic) bond motifs is 12. The predicted molar refractivity (Wildman–Crippen MR) is 269 cm³/mol. The fourth-order valence-corrected chi connectivity index (χ4v) is 11.2. The van der Waals surface area contributed by atoms with Crippen molar-refractivity contribution in [2.45, 2.75) is 5.41 Å². The molecule has 2 aliphatic carbocycles. The molecule has 0 aliphatic heterocycles. The second-order valence-corrected chi connectivity index (χ2v) is 17.1. The average molecular weight is 812 g/mol. The van der Waals surface area contributed by atoms with Crippen LogP contribution in [0.1, 0.15) is 22.3 Å². The van der Waals surface area contributed by atoms with Crippen LogP contribution in [0.25, 0.3) is 77.2 Å². The monoisotopic (exact) mass is 811 g/mol. The molecule has 11 aromatic carbocycles. The van der Waals surface area contributed by atoms with Gasteiger partial charge in [0, 0.05) is 16.9 Å². The van der Waals surface area contributed by atoms with Gasteiger partial charge in [0.1, 0.15) is 0 Å². The summed E-state index contributed by atoms with van der Waals surface area (Å²) >= 11 is 0. The maximum atomic E-state index is 2.48. The Morgan fingerprint density at radius 1 is 0.266 bits per heavy atom. The minimum atomic E-state index is -0.433. The first kappa shape index (κ1) is 36.4. The summed E-state index contributed by atoms with van der Waals surface area (Å²) in [4.78, 5) is 2.48. The third-order valence-corrected chi connectivity index (χ3v) is 13.9. The second-order valence-electron chi connectivity index (χ2n) is 17.1. The van der Waals surface area contributed by atoms with Crippen LogP contribution in [0.15, 0.2) is 249 Å². The molecule has 2 aliphatic rings. The number of hydrogen-bond acceptors (Lipinski definition) is 1. The molecule has 0 unspecified atom stereocenters. The van der Waals surface area contributed by atoms with Crippen LogP contribution in [0.3, 0.4) is 0 Å². The van der Waals surface area contributed by atoms with Crippen molar-refractivity contribution >= 4 is 38.6 Å². The highest BCUT2D eigenvalue weighted by Gasteiger charge is 2.52. The molecule has 0 radical (unpaired) electrons. The Hall–Kier alpha value is -8.26. The van der Waals surface area contributed by atoms with Gasteiger partial charge in [0.05, 0.1) is 11.1 Å². The summed E-state index contributed by atoms with van der Waals surface area (Å²) < 4.78 is 0. The van der Waals surface area contributed by atoms with E-state index in [2.05, 4.69) is 254 Å². The van der Waals surface area contributed by atoms with Crippen LogP contribution in [0.4, 0.5) is 17.1 Å². The lowest BCUT2D eigenvalue weighted by atomic mass is 9.70. The highest BCUT2D eigenvalue weighted by molar-refractivity contribution is 6.02. The summed E-state index contributed by atoms with van der Waals surface area (Å²) in [6.45, 7) is 0. The zero-order valence-electron chi connectivity index (χ0n) is 35.1. The van der Waals surface area contributed by atoms with E-state index in [1.807, 2.05) is 0 Å². The molecular formula is C63H41N. The lowest BCUT2D eigenvalue weighted by Gasteiger charge is -2.32. The summed E-state index contributed by atoms with van der Waals surface area (Å²) in [5, 5.41) is 5.02. The summed E-state index contributed by atoms with van der Waals surface area (Å²) in [5.74, 6) is 0. The van der Waals surface area contributed by atoms with Crippen LogP contribution in [0.5, 0.6) is 0 Å².